The maximum absolute atomic E-state index is 4.90. The number of nitrogens with one attached hydrogen (secondary N) is 1. The molecule has 108 valence electrons. The second-order valence-electron chi connectivity index (χ2n) is 6.93. The summed E-state index contributed by atoms with van der Waals surface area (Å²) in [5.74, 6) is 3.08. The van der Waals surface area contributed by atoms with E-state index in [-0.39, 0.29) is 0 Å². The highest BCUT2D eigenvalue weighted by Gasteiger charge is 2.29. The molecule has 3 aliphatic rings. The number of hydrogen-bond acceptors (Lipinski definition) is 3. The molecule has 4 rings (SSSR count). The van der Waals surface area contributed by atoms with Crippen LogP contribution in [0.25, 0.3) is 0 Å². The summed E-state index contributed by atoms with van der Waals surface area (Å²) in [6.45, 7) is 3.38. The van der Waals surface area contributed by atoms with Gasteiger partial charge in [0.1, 0.15) is 5.82 Å². The van der Waals surface area contributed by atoms with Crippen LogP contribution in [0.4, 0.5) is 5.82 Å². The van der Waals surface area contributed by atoms with Crippen LogP contribution in [0.2, 0.25) is 0 Å². The number of hydrogen-bond donors (Lipinski definition) is 1. The molecule has 0 radical (unpaired) electrons. The Kier molecular flexibility index (Phi) is 3.39. The van der Waals surface area contributed by atoms with Crippen LogP contribution in [0.15, 0.2) is 18.2 Å². The smallest absolute Gasteiger partial charge is 0.128 e. The van der Waals surface area contributed by atoms with Gasteiger partial charge in [0.05, 0.1) is 5.69 Å². The standard InChI is InChI=1S/C17H25N3/c1-2-16(10-18-15-8-9-15)19-17(3-1)20(11-13-4-5-13)12-14-6-7-14/h1-3,13-15,18H,4-12H2. The minimum atomic E-state index is 0.759. The average molecular weight is 271 g/mol. The van der Waals surface area contributed by atoms with Gasteiger partial charge in [-0.05, 0) is 62.5 Å². The molecular weight excluding hydrogens is 246 g/mol. The van der Waals surface area contributed by atoms with E-state index < -0.39 is 0 Å². The van der Waals surface area contributed by atoms with E-state index in [9.17, 15) is 0 Å². The fourth-order valence-electron chi connectivity index (χ4n) is 2.76. The third-order valence-electron chi connectivity index (χ3n) is 4.62. The summed E-state index contributed by atoms with van der Waals surface area (Å²) in [6.07, 6.45) is 8.37. The molecule has 0 spiro atoms. The zero-order valence-corrected chi connectivity index (χ0v) is 12.2. The minimum Gasteiger partial charge on any atom is -0.356 e. The highest BCUT2D eigenvalue weighted by molar-refractivity contribution is 5.40. The Bertz CT molecular complexity index is 447. The van der Waals surface area contributed by atoms with Crippen molar-refractivity contribution < 1.29 is 0 Å². The van der Waals surface area contributed by atoms with E-state index in [1.807, 2.05) is 0 Å². The molecule has 3 aliphatic carbocycles. The van der Waals surface area contributed by atoms with Crippen LogP contribution < -0.4 is 10.2 Å². The lowest BCUT2D eigenvalue weighted by molar-refractivity contribution is 0.655. The van der Waals surface area contributed by atoms with Gasteiger partial charge in [-0.1, -0.05) is 6.07 Å². The summed E-state index contributed by atoms with van der Waals surface area (Å²) in [6, 6.07) is 7.30. The first-order chi connectivity index (χ1) is 9.87. The van der Waals surface area contributed by atoms with E-state index in [1.54, 1.807) is 0 Å². The second kappa shape index (κ2) is 5.36. The van der Waals surface area contributed by atoms with Gasteiger partial charge in [-0.2, -0.15) is 0 Å². The van der Waals surface area contributed by atoms with Gasteiger partial charge in [0, 0.05) is 25.7 Å². The van der Waals surface area contributed by atoms with E-state index in [0.717, 1.165) is 24.4 Å². The first-order valence-corrected chi connectivity index (χ1v) is 8.31. The lowest BCUT2D eigenvalue weighted by Crippen LogP contribution is -2.29. The molecule has 0 atom stereocenters. The molecule has 0 amide bonds. The molecule has 20 heavy (non-hydrogen) atoms. The molecule has 0 aromatic carbocycles. The SMILES string of the molecule is c1cc(CNC2CC2)nc(N(CC2CC2)CC2CC2)c1. The van der Waals surface area contributed by atoms with Crippen LogP contribution in [0, 0.1) is 11.8 Å². The van der Waals surface area contributed by atoms with Gasteiger partial charge < -0.3 is 10.2 Å². The molecule has 0 aliphatic heterocycles. The van der Waals surface area contributed by atoms with Gasteiger partial charge in [-0.15, -0.1) is 0 Å². The van der Waals surface area contributed by atoms with Crippen LogP contribution in [0.1, 0.15) is 44.2 Å². The van der Waals surface area contributed by atoms with Crippen LogP contribution in [-0.4, -0.2) is 24.1 Å². The van der Waals surface area contributed by atoms with Gasteiger partial charge >= 0.3 is 0 Å². The molecule has 1 aromatic heterocycles. The van der Waals surface area contributed by atoms with Gasteiger partial charge in [0.15, 0.2) is 0 Å². The van der Waals surface area contributed by atoms with Crippen molar-refractivity contribution >= 4 is 5.82 Å². The van der Waals surface area contributed by atoms with E-state index in [0.29, 0.717) is 0 Å². The lowest BCUT2D eigenvalue weighted by Gasteiger charge is -2.24. The molecule has 3 heteroatoms. The summed E-state index contributed by atoms with van der Waals surface area (Å²) in [5.41, 5.74) is 1.20. The van der Waals surface area contributed by atoms with Crippen molar-refractivity contribution in [3.63, 3.8) is 0 Å². The monoisotopic (exact) mass is 271 g/mol. The van der Waals surface area contributed by atoms with Gasteiger partial charge in [-0.3, -0.25) is 0 Å². The Balaban J connectivity index is 1.43. The maximum atomic E-state index is 4.90. The zero-order chi connectivity index (χ0) is 13.4. The predicted octanol–water partition coefficient (Wildman–Crippen LogP) is 2.96. The summed E-state index contributed by atoms with van der Waals surface area (Å²) in [4.78, 5) is 7.45. The average Bonchev–Trinajstić information content (AvgIpc) is 3.31. The summed E-state index contributed by atoms with van der Waals surface area (Å²) in [7, 11) is 0. The van der Waals surface area contributed by atoms with Gasteiger partial charge in [0.2, 0.25) is 0 Å². The van der Waals surface area contributed by atoms with Crippen molar-refractivity contribution in [2.24, 2.45) is 11.8 Å². The summed E-state index contributed by atoms with van der Waals surface area (Å²) < 4.78 is 0. The maximum Gasteiger partial charge on any atom is 0.128 e. The molecule has 3 fully saturated rings. The van der Waals surface area contributed by atoms with Crippen molar-refractivity contribution in [2.75, 3.05) is 18.0 Å². The number of aromatic nitrogens is 1. The van der Waals surface area contributed by atoms with E-state index in [1.165, 1.54) is 63.1 Å². The minimum absolute atomic E-state index is 0.759. The van der Waals surface area contributed by atoms with Crippen LogP contribution >= 0.6 is 0 Å². The normalized spacial score (nSPS) is 22.0. The van der Waals surface area contributed by atoms with Crippen LogP contribution in [0.5, 0.6) is 0 Å². The topological polar surface area (TPSA) is 28.2 Å². The molecular formula is C17H25N3. The number of pyridine rings is 1. The Morgan fingerprint density at radius 1 is 1.00 bits per heavy atom. The predicted molar refractivity (Wildman–Crippen MR) is 81.8 cm³/mol. The Hall–Kier alpha value is -1.09. The molecule has 3 nitrogen and oxygen atoms in total. The van der Waals surface area contributed by atoms with Crippen LogP contribution in [-0.2, 0) is 6.54 Å². The Labute approximate surface area is 121 Å². The van der Waals surface area contributed by atoms with Crippen molar-refractivity contribution in [3.8, 4) is 0 Å². The first kappa shape index (κ1) is 12.6. The van der Waals surface area contributed by atoms with E-state index in [4.69, 9.17) is 4.98 Å². The van der Waals surface area contributed by atoms with Crippen molar-refractivity contribution in [1.82, 2.24) is 10.3 Å². The summed E-state index contributed by atoms with van der Waals surface area (Å²) >= 11 is 0. The van der Waals surface area contributed by atoms with Crippen molar-refractivity contribution in [3.05, 3.63) is 23.9 Å². The quantitative estimate of drug-likeness (QED) is 0.788. The molecule has 0 saturated heterocycles. The number of anilines is 1. The van der Waals surface area contributed by atoms with Crippen molar-refractivity contribution in [1.29, 1.82) is 0 Å². The fraction of sp³-hybridized carbons (Fsp3) is 0.706. The number of rotatable bonds is 8. The number of nitrogens with zero attached hydrogens (tertiary/aromatic N) is 2. The molecule has 1 heterocycles. The molecule has 1 aromatic rings. The third-order valence-corrected chi connectivity index (χ3v) is 4.62. The Morgan fingerprint density at radius 2 is 1.70 bits per heavy atom. The fourth-order valence-corrected chi connectivity index (χ4v) is 2.76. The summed E-state index contributed by atoms with van der Waals surface area (Å²) in [5, 5.41) is 3.56. The second-order valence-corrected chi connectivity index (χ2v) is 6.93. The largest absolute Gasteiger partial charge is 0.356 e. The van der Waals surface area contributed by atoms with Gasteiger partial charge in [-0.25, -0.2) is 4.98 Å². The van der Waals surface area contributed by atoms with Crippen molar-refractivity contribution in [2.45, 2.75) is 51.1 Å². The third kappa shape index (κ3) is 3.51. The van der Waals surface area contributed by atoms with Crippen LogP contribution in [0.3, 0.4) is 0 Å². The Morgan fingerprint density at radius 3 is 2.30 bits per heavy atom. The zero-order valence-electron chi connectivity index (χ0n) is 12.2. The molecule has 0 bridgehead atoms. The van der Waals surface area contributed by atoms with E-state index in [2.05, 4.69) is 28.4 Å². The van der Waals surface area contributed by atoms with Gasteiger partial charge in [0.25, 0.3) is 0 Å². The molecule has 1 N–H and O–H groups in total. The molecule has 3 saturated carbocycles. The van der Waals surface area contributed by atoms with E-state index >= 15 is 0 Å². The highest BCUT2D eigenvalue weighted by atomic mass is 15.2. The highest BCUT2D eigenvalue weighted by Crippen LogP contribution is 2.35. The lowest BCUT2D eigenvalue weighted by atomic mass is 10.2. The molecule has 0 unspecified atom stereocenters. The first-order valence-electron chi connectivity index (χ1n) is 8.31.